The van der Waals surface area contributed by atoms with Crippen LogP contribution < -0.4 is 10.8 Å². The second-order valence-electron chi connectivity index (χ2n) is 6.82. The van der Waals surface area contributed by atoms with Crippen molar-refractivity contribution in [2.45, 2.75) is 53.7 Å². The van der Waals surface area contributed by atoms with E-state index in [1.54, 1.807) is 0 Å². The molecule has 7 N–H and O–H groups in total. The lowest BCUT2D eigenvalue weighted by Gasteiger charge is -2.71. The highest BCUT2D eigenvalue weighted by Gasteiger charge is 2.89. The number of ether oxygens (including phenoxy) is 2. The molecule has 6 aliphatic rings. The van der Waals surface area contributed by atoms with Gasteiger partial charge in [0.2, 0.25) is 6.04 Å². The molecule has 0 radical (unpaired) electrons. The van der Waals surface area contributed by atoms with E-state index in [0.29, 0.717) is 0 Å². The molecule has 1 saturated carbocycles. The fourth-order valence-corrected chi connectivity index (χ4v) is 5.19. The molecule has 5 aliphatic heterocycles. The number of amidine groups is 1. The molecule has 10 atom stereocenters. The average molecular weight is 316 g/mol. The van der Waals surface area contributed by atoms with Crippen LogP contribution >= 0.6 is 0 Å². The van der Waals surface area contributed by atoms with Gasteiger partial charge in [0.05, 0.1) is 12.5 Å². The summed E-state index contributed by atoms with van der Waals surface area (Å²) in [4.78, 5) is 0. The third kappa shape index (κ3) is 0.982. The molecule has 1 spiro atoms. The van der Waals surface area contributed by atoms with Gasteiger partial charge in [0.15, 0.2) is 5.54 Å². The van der Waals surface area contributed by atoms with Crippen molar-refractivity contribution in [2.24, 2.45) is 11.7 Å². The maximum Gasteiger partial charge on any atom is 0.292 e. The van der Waals surface area contributed by atoms with Gasteiger partial charge in [-0.2, -0.15) is 0 Å². The lowest BCUT2D eigenvalue weighted by Crippen LogP contribution is -2.93. The SMILES string of the molecule is NC1=[N+]2C1C(O)C1C3OC4([O-])OC(C(O)C12C4O)C3(O)CO. The van der Waals surface area contributed by atoms with Crippen LogP contribution in [0.15, 0.2) is 0 Å². The predicted molar refractivity (Wildman–Crippen MR) is 62.0 cm³/mol. The fraction of sp³-hybridized carbons (Fsp3) is 0.917. The number of nitrogens with two attached hydrogens (primary N) is 1. The van der Waals surface area contributed by atoms with Crippen molar-refractivity contribution >= 4 is 5.84 Å². The smallest absolute Gasteiger partial charge is 0.292 e. The summed E-state index contributed by atoms with van der Waals surface area (Å²) in [5.41, 5.74) is 2.17. The summed E-state index contributed by atoms with van der Waals surface area (Å²) in [6.07, 6.45) is -7.20. The summed E-state index contributed by atoms with van der Waals surface area (Å²) in [6.45, 7) is -0.825. The molecule has 5 fully saturated rings. The normalized spacial score (nSPS) is 67.5. The molecule has 0 aromatic carbocycles. The first-order chi connectivity index (χ1) is 10.2. The van der Waals surface area contributed by atoms with Crippen LogP contribution in [0, 0.1) is 5.92 Å². The summed E-state index contributed by atoms with van der Waals surface area (Å²) in [5, 5.41) is 64.5. The maximum absolute atomic E-state index is 12.6. The van der Waals surface area contributed by atoms with Gasteiger partial charge in [-0.3, -0.25) is 5.73 Å². The lowest BCUT2D eigenvalue weighted by molar-refractivity contribution is -0.744. The van der Waals surface area contributed by atoms with Crippen LogP contribution in [0.4, 0.5) is 0 Å². The Morgan fingerprint density at radius 1 is 1.23 bits per heavy atom. The molecule has 6 rings (SSSR count). The van der Waals surface area contributed by atoms with E-state index < -0.39 is 66.2 Å². The largest absolute Gasteiger partial charge is 0.804 e. The van der Waals surface area contributed by atoms with Gasteiger partial charge in [-0.15, -0.1) is 0 Å². The standard InChI is InChI=1S/C12H15N2O8/c13-8-3-4(16)2-6-10(19,1-15)7-5(17)11(2,14(3)8)9(18)12(20,21-6)22-7/h2-7,9,13,15-19H,1H2/q-1/p+1. The van der Waals surface area contributed by atoms with Gasteiger partial charge in [-0.1, -0.05) is 0 Å². The number of nitrogens with zero attached hydrogens (tertiary/aromatic N) is 1. The van der Waals surface area contributed by atoms with E-state index in [1.165, 1.54) is 4.58 Å². The Kier molecular flexibility index (Phi) is 2.05. The van der Waals surface area contributed by atoms with Crippen molar-refractivity contribution < 1.29 is 44.7 Å². The Labute approximate surface area is 123 Å². The van der Waals surface area contributed by atoms with Gasteiger partial charge in [-0.05, 0) is 0 Å². The second-order valence-corrected chi connectivity index (χ2v) is 6.82. The molecule has 1 aliphatic carbocycles. The summed E-state index contributed by atoms with van der Waals surface area (Å²) in [5.74, 6) is -3.40. The molecule has 5 heterocycles. The van der Waals surface area contributed by atoms with Gasteiger partial charge < -0.3 is 40.1 Å². The topological polar surface area (TPSA) is 172 Å². The first-order valence-electron chi connectivity index (χ1n) is 7.10. The van der Waals surface area contributed by atoms with E-state index >= 15 is 0 Å². The number of fused-ring (bicyclic) bond motifs is 1. The van der Waals surface area contributed by atoms with E-state index in [9.17, 15) is 30.6 Å². The molecular weight excluding hydrogens is 300 g/mol. The molecule has 4 saturated heterocycles. The molecule has 10 nitrogen and oxygen atoms in total. The highest BCUT2D eigenvalue weighted by molar-refractivity contribution is 5.90. The van der Waals surface area contributed by atoms with E-state index in [4.69, 9.17) is 15.2 Å². The lowest BCUT2D eigenvalue weighted by atomic mass is 9.56. The van der Waals surface area contributed by atoms with E-state index in [0.717, 1.165) is 0 Å². The molecule has 122 valence electrons. The van der Waals surface area contributed by atoms with Crippen molar-refractivity contribution in [3.63, 3.8) is 0 Å². The van der Waals surface area contributed by atoms with Crippen LogP contribution in [0.2, 0.25) is 0 Å². The molecule has 0 amide bonds. The minimum atomic E-state index is -2.69. The van der Waals surface area contributed by atoms with Gasteiger partial charge in [0.25, 0.3) is 5.84 Å². The monoisotopic (exact) mass is 316 g/mol. The number of hydrogen-bond donors (Lipinski definition) is 6. The first kappa shape index (κ1) is 13.6. The molecular formula is C12H16N2O8. The van der Waals surface area contributed by atoms with Crippen molar-refractivity contribution in [1.29, 1.82) is 0 Å². The minimum absolute atomic E-state index is 0.264. The third-order valence-electron chi connectivity index (χ3n) is 6.12. The second kappa shape index (κ2) is 3.32. The molecule has 0 aromatic rings. The molecule has 0 aromatic heterocycles. The zero-order valence-electron chi connectivity index (χ0n) is 11.2. The first-order valence-corrected chi connectivity index (χ1v) is 7.10. The van der Waals surface area contributed by atoms with Crippen LogP contribution in [0.3, 0.4) is 0 Å². The Bertz CT molecular complexity index is 628. The Balaban J connectivity index is 1.78. The fourth-order valence-electron chi connectivity index (χ4n) is 5.19. The number of aliphatic hydroxyl groups is 5. The summed E-state index contributed by atoms with van der Waals surface area (Å²) >= 11 is 0. The number of aliphatic hydroxyl groups excluding tert-OH is 4. The Morgan fingerprint density at radius 2 is 1.86 bits per heavy atom. The number of hydrogen-bond acceptors (Lipinski definition) is 9. The molecule has 10 heteroatoms. The Morgan fingerprint density at radius 3 is 2.50 bits per heavy atom. The summed E-state index contributed by atoms with van der Waals surface area (Å²) in [6, 6.07) is -0.623. The highest BCUT2D eigenvalue weighted by Crippen LogP contribution is 2.63. The van der Waals surface area contributed by atoms with Crippen LogP contribution in [0.5, 0.6) is 0 Å². The molecule has 10 unspecified atom stereocenters. The van der Waals surface area contributed by atoms with Gasteiger partial charge in [0.1, 0.15) is 42.1 Å². The minimum Gasteiger partial charge on any atom is -0.804 e. The maximum atomic E-state index is 12.6. The van der Waals surface area contributed by atoms with Crippen molar-refractivity contribution in [3.05, 3.63) is 0 Å². The average Bonchev–Trinajstić information content (AvgIpc) is 3.05. The summed E-state index contributed by atoms with van der Waals surface area (Å²) < 4.78 is 11.6. The van der Waals surface area contributed by atoms with Crippen molar-refractivity contribution in [3.8, 4) is 0 Å². The Hall–Kier alpha value is -0.850. The van der Waals surface area contributed by atoms with Gasteiger partial charge >= 0.3 is 0 Å². The van der Waals surface area contributed by atoms with E-state index in [-0.39, 0.29) is 5.84 Å². The van der Waals surface area contributed by atoms with Crippen LogP contribution in [-0.4, -0.2) is 96.2 Å². The van der Waals surface area contributed by atoms with Crippen molar-refractivity contribution in [2.75, 3.05) is 6.61 Å². The van der Waals surface area contributed by atoms with Crippen molar-refractivity contribution in [1.82, 2.24) is 0 Å². The summed E-state index contributed by atoms with van der Waals surface area (Å²) in [7, 11) is 0. The quantitative estimate of drug-likeness (QED) is 0.257. The van der Waals surface area contributed by atoms with Gasteiger partial charge in [-0.25, -0.2) is 4.58 Å². The van der Waals surface area contributed by atoms with Crippen LogP contribution in [0.25, 0.3) is 0 Å². The van der Waals surface area contributed by atoms with Crippen LogP contribution in [-0.2, 0) is 9.47 Å². The van der Waals surface area contributed by atoms with E-state index in [1.807, 2.05) is 0 Å². The van der Waals surface area contributed by atoms with E-state index in [2.05, 4.69) is 0 Å². The van der Waals surface area contributed by atoms with Crippen LogP contribution in [0.1, 0.15) is 0 Å². The van der Waals surface area contributed by atoms with Gasteiger partial charge in [0, 0.05) is 0 Å². The number of rotatable bonds is 1. The highest BCUT2D eigenvalue weighted by atomic mass is 16.9. The zero-order valence-corrected chi connectivity index (χ0v) is 11.2. The molecule has 22 heavy (non-hydrogen) atoms. The zero-order chi connectivity index (χ0) is 15.8. The predicted octanol–water partition coefficient (Wildman–Crippen LogP) is -6.26. The third-order valence-corrected chi connectivity index (χ3v) is 6.12. The molecule has 4 bridgehead atoms.